The van der Waals surface area contributed by atoms with Crippen LogP contribution in [0, 0.1) is 5.82 Å². The Labute approximate surface area is 228 Å². The first-order valence-corrected chi connectivity index (χ1v) is 12.0. The van der Waals surface area contributed by atoms with Gasteiger partial charge in [0.25, 0.3) is 5.91 Å². The zero-order valence-electron chi connectivity index (χ0n) is 20.7. The molecule has 0 saturated carbocycles. The van der Waals surface area contributed by atoms with E-state index in [0.29, 0.717) is 56.8 Å². The molecule has 1 fully saturated rings. The number of ether oxygens (including phenoxy) is 1. The van der Waals surface area contributed by atoms with Crippen molar-refractivity contribution >= 4 is 41.6 Å². The third-order valence-corrected chi connectivity index (χ3v) is 6.98. The lowest BCUT2D eigenvalue weighted by atomic mass is 9.88. The molecule has 0 atom stereocenters. The maximum Gasteiger partial charge on any atom is 0.256 e. The number of nitrogens with two attached hydrogens (primary N) is 1. The monoisotopic (exact) mass is 547 g/mol. The molecule has 4 aromatic rings. The largest absolute Gasteiger partial charge is 0.383 e. The Morgan fingerprint density at radius 2 is 1.97 bits per heavy atom. The molecule has 0 radical (unpaired) electrons. The number of carbonyl (C=O) groups excluding carboxylic acids is 1. The van der Waals surface area contributed by atoms with Crippen LogP contribution in [0.3, 0.4) is 0 Å². The molecule has 7 nitrogen and oxygen atoms in total. The van der Waals surface area contributed by atoms with Crippen molar-refractivity contribution in [2.75, 3.05) is 26.8 Å². The summed E-state index contributed by atoms with van der Waals surface area (Å²) >= 11 is 0. The zero-order valence-corrected chi connectivity index (χ0v) is 22.3. The number of fused-ring (bicyclic) bond motifs is 1. The van der Waals surface area contributed by atoms with Crippen LogP contribution in [-0.2, 0) is 17.8 Å². The normalized spacial score (nSPS) is 13.9. The molecule has 5 rings (SSSR count). The van der Waals surface area contributed by atoms with Crippen molar-refractivity contribution in [2.45, 2.75) is 31.8 Å². The molecule has 1 aliphatic rings. The Hall–Kier alpha value is -2.91. The van der Waals surface area contributed by atoms with Gasteiger partial charge >= 0.3 is 0 Å². The highest BCUT2D eigenvalue weighted by Gasteiger charge is 2.29. The van der Waals surface area contributed by atoms with E-state index in [4.69, 9.17) is 10.5 Å². The van der Waals surface area contributed by atoms with Crippen molar-refractivity contribution in [3.05, 3.63) is 77.4 Å². The quantitative estimate of drug-likeness (QED) is 0.335. The summed E-state index contributed by atoms with van der Waals surface area (Å²) < 4.78 is 21.9. The molecule has 0 spiro atoms. The smallest absolute Gasteiger partial charge is 0.256 e. The van der Waals surface area contributed by atoms with Gasteiger partial charge in [-0.25, -0.2) is 4.39 Å². The minimum atomic E-state index is -0.197. The van der Waals surface area contributed by atoms with Crippen molar-refractivity contribution in [1.29, 1.82) is 0 Å². The predicted octanol–water partition coefficient (Wildman–Crippen LogP) is 5.14. The number of hydrogen-bond acceptors (Lipinski definition) is 4. The molecular formula is C27H32Cl2FN5O2. The highest BCUT2D eigenvalue weighted by molar-refractivity contribution is 6.12. The highest BCUT2D eigenvalue weighted by atomic mass is 35.5. The Balaban J connectivity index is 0.00000190. The van der Waals surface area contributed by atoms with E-state index in [9.17, 15) is 9.18 Å². The number of amides is 1. The lowest BCUT2D eigenvalue weighted by Gasteiger charge is -2.32. The van der Waals surface area contributed by atoms with Crippen LogP contribution < -0.4 is 5.73 Å². The summed E-state index contributed by atoms with van der Waals surface area (Å²) in [6.45, 7) is 2.73. The number of halogens is 3. The first-order chi connectivity index (χ1) is 17.1. The van der Waals surface area contributed by atoms with Crippen LogP contribution >= 0.6 is 24.8 Å². The number of piperidine rings is 1. The molecule has 10 heteroatoms. The number of nitrogens with one attached hydrogen (secondary N) is 1. The number of aromatic nitrogens is 3. The Morgan fingerprint density at radius 3 is 2.65 bits per heavy atom. The number of hydrogen-bond donors (Lipinski definition) is 2. The standard InChI is InChI=1S/C27H30FN5O2.2ClH/c1-35-14-13-33-17-22(26-20(3-2-4-25(26)33)24-7-10-30-31-24)27(34)32-11-8-19(9-12-32)21-15-18(16-29)5-6-23(21)28;;/h2-7,10,15,17,19H,8-9,11-14,16,29H2,1H3,(H,30,31);2*1H. The second kappa shape index (κ2) is 12.6. The number of H-pyrrole nitrogens is 1. The number of benzene rings is 2. The summed E-state index contributed by atoms with van der Waals surface area (Å²) in [4.78, 5) is 15.7. The maximum absolute atomic E-state index is 14.5. The number of nitrogens with zero attached hydrogens (tertiary/aromatic N) is 3. The summed E-state index contributed by atoms with van der Waals surface area (Å²) in [6, 6.07) is 13.0. The first-order valence-electron chi connectivity index (χ1n) is 12.0. The minimum Gasteiger partial charge on any atom is -0.383 e. The van der Waals surface area contributed by atoms with Crippen LogP contribution in [0.2, 0.25) is 0 Å². The van der Waals surface area contributed by atoms with Crippen LogP contribution in [-0.4, -0.2) is 52.4 Å². The molecule has 2 aromatic heterocycles. The zero-order chi connectivity index (χ0) is 24.4. The van der Waals surface area contributed by atoms with Gasteiger partial charge in [-0.3, -0.25) is 9.89 Å². The second-order valence-electron chi connectivity index (χ2n) is 9.03. The van der Waals surface area contributed by atoms with Crippen molar-refractivity contribution in [2.24, 2.45) is 5.73 Å². The van der Waals surface area contributed by atoms with Gasteiger partial charge in [0.1, 0.15) is 5.82 Å². The Kier molecular flexibility index (Phi) is 9.73. The summed E-state index contributed by atoms with van der Waals surface area (Å²) in [7, 11) is 1.67. The summed E-state index contributed by atoms with van der Waals surface area (Å²) in [5.41, 5.74) is 10.8. The van der Waals surface area contributed by atoms with E-state index in [0.717, 1.165) is 27.7 Å². The minimum absolute atomic E-state index is 0. The van der Waals surface area contributed by atoms with Crippen LogP contribution in [0.1, 0.15) is 40.2 Å². The van der Waals surface area contributed by atoms with Gasteiger partial charge in [-0.2, -0.15) is 5.10 Å². The summed E-state index contributed by atoms with van der Waals surface area (Å²) in [5, 5.41) is 8.03. The van der Waals surface area contributed by atoms with Crippen molar-refractivity contribution in [3.63, 3.8) is 0 Å². The molecule has 1 aliphatic heterocycles. The molecule has 0 aliphatic carbocycles. The average molecular weight is 548 g/mol. The van der Waals surface area contributed by atoms with Gasteiger partial charge in [-0.1, -0.05) is 24.3 Å². The summed E-state index contributed by atoms with van der Waals surface area (Å²) in [5.74, 6) is -0.126. The molecule has 2 aromatic carbocycles. The Morgan fingerprint density at radius 1 is 1.19 bits per heavy atom. The van der Waals surface area contributed by atoms with Crippen LogP contribution in [0.4, 0.5) is 4.39 Å². The van der Waals surface area contributed by atoms with Crippen molar-refractivity contribution < 1.29 is 13.9 Å². The third kappa shape index (κ3) is 5.67. The fraction of sp³-hybridized carbons (Fsp3) is 0.333. The first kappa shape index (κ1) is 28.7. The topological polar surface area (TPSA) is 89.2 Å². The number of likely N-dealkylation sites (tertiary alicyclic amines) is 1. The van der Waals surface area contributed by atoms with E-state index in [1.165, 1.54) is 6.07 Å². The van der Waals surface area contributed by atoms with Gasteiger partial charge < -0.3 is 19.9 Å². The summed E-state index contributed by atoms with van der Waals surface area (Å²) in [6.07, 6.45) is 5.07. The molecule has 198 valence electrons. The third-order valence-electron chi connectivity index (χ3n) is 6.98. The maximum atomic E-state index is 14.5. The lowest BCUT2D eigenvalue weighted by Crippen LogP contribution is -2.38. The van der Waals surface area contributed by atoms with E-state index in [1.54, 1.807) is 19.4 Å². The van der Waals surface area contributed by atoms with Crippen LogP contribution in [0.15, 0.2) is 54.9 Å². The van der Waals surface area contributed by atoms with Crippen LogP contribution in [0.5, 0.6) is 0 Å². The van der Waals surface area contributed by atoms with E-state index >= 15 is 0 Å². The number of carbonyl (C=O) groups is 1. The van der Waals surface area contributed by atoms with Gasteiger partial charge in [0.15, 0.2) is 0 Å². The molecule has 3 N–H and O–H groups in total. The SMILES string of the molecule is COCCn1cc(C(=O)N2CCC(c3cc(CN)ccc3F)CC2)c2c(-c3ccn[nH]3)cccc21.Cl.Cl. The Bertz CT molecular complexity index is 1330. The molecule has 0 unspecified atom stereocenters. The van der Waals surface area contributed by atoms with Gasteiger partial charge in [-0.05, 0) is 48.1 Å². The number of methoxy groups -OCH3 is 1. The van der Waals surface area contributed by atoms with E-state index in [-0.39, 0.29) is 42.5 Å². The van der Waals surface area contributed by atoms with Crippen molar-refractivity contribution in [1.82, 2.24) is 19.7 Å². The van der Waals surface area contributed by atoms with Gasteiger partial charge in [0.05, 0.1) is 17.9 Å². The predicted molar refractivity (Wildman–Crippen MR) is 148 cm³/mol. The van der Waals surface area contributed by atoms with Gasteiger partial charge in [-0.15, -0.1) is 24.8 Å². The number of rotatable bonds is 7. The average Bonchev–Trinajstić information content (AvgIpc) is 3.56. The fourth-order valence-corrected chi connectivity index (χ4v) is 5.12. The van der Waals surface area contributed by atoms with Crippen molar-refractivity contribution in [3.8, 4) is 11.3 Å². The van der Waals surface area contributed by atoms with E-state index in [2.05, 4.69) is 14.8 Å². The van der Waals surface area contributed by atoms with Gasteiger partial charge in [0.2, 0.25) is 0 Å². The van der Waals surface area contributed by atoms with Gasteiger partial charge in [0, 0.05) is 62.1 Å². The number of aromatic amines is 1. The molecular weight excluding hydrogens is 516 g/mol. The molecule has 1 amide bonds. The fourth-order valence-electron chi connectivity index (χ4n) is 5.12. The molecule has 0 bridgehead atoms. The molecule has 37 heavy (non-hydrogen) atoms. The highest BCUT2D eigenvalue weighted by Crippen LogP contribution is 2.35. The van der Waals surface area contributed by atoms with Crippen LogP contribution in [0.25, 0.3) is 22.2 Å². The lowest BCUT2D eigenvalue weighted by molar-refractivity contribution is 0.0714. The van der Waals surface area contributed by atoms with E-state index < -0.39 is 0 Å². The van der Waals surface area contributed by atoms with E-state index in [1.807, 2.05) is 41.4 Å². The molecule has 3 heterocycles. The second-order valence-corrected chi connectivity index (χ2v) is 9.03. The molecule has 1 saturated heterocycles.